The van der Waals surface area contributed by atoms with Gasteiger partial charge in [-0.25, -0.2) is 9.07 Å². The van der Waals surface area contributed by atoms with Gasteiger partial charge in [-0.2, -0.15) is 5.10 Å². The quantitative estimate of drug-likeness (QED) is 0.792. The highest BCUT2D eigenvalue weighted by molar-refractivity contribution is 7.13. The molecule has 1 aromatic carbocycles. The SMILES string of the molecule is Cc1ccc(NC(=O)Cn2nc(-c3cccs3)ccc2=O)cc1F. The molecule has 0 saturated carbocycles. The van der Waals surface area contributed by atoms with Crippen molar-refractivity contribution in [3.8, 4) is 10.6 Å². The lowest BCUT2D eigenvalue weighted by Gasteiger charge is -2.08. The molecule has 0 aliphatic heterocycles. The van der Waals surface area contributed by atoms with Crippen molar-refractivity contribution in [2.75, 3.05) is 5.32 Å². The van der Waals surface area contributed by atoms with Gasteiger partial charge in [-0.1, -0.05) is 12.1 Å². The lowest BCUT2D eigenvalue weighted by molar-refractivity contribution is -0.117. The Labute approximate surface area is 141 Å². The molecule has 24 heavy (non-hydrogen) atoms. The van der Waals surface area contributed by atoms with Crippen molar-refractivity contribution in [2.24, 2.45) is 0 Å². The third-order valence-corrected chi connectivity index (χ3v) is 4.28. The first-order valence-electron chi connectivity index (χ1n) is 7.21. The zero-order valence-corrected chi connectivity index (χ0v) is 13.6. The van der Waals surface area contributed by atoms with E-state index >= 15 is 0 Å². The van der Waals surface area contributed by atoms with Crippen LogP contribution in [0.4, 0.5) is 10.1 Å². The maximum absolute atomic E-state index is 13.5. The van der Waals surface area contributed by atoms with Gasteiger partial charge in [0.1, 0.15) is 18.1 Å². The average molecular weight is 343 g/mol. The summed E-state index contributed by atoms with van der Waals surface area (Å²) in [6.07, 6.45) is 0. The van der Waals surface area contributed by atoms with Gasteiger partial charge < -0.3 is 5.32 Å². The fraction of sp³-hybridized carbons (Fsp3) is 0.118. The van der Waals surface area contributed by atoms with E-state index in [-0.39, 0.29) is 12.1 Å². The molecule has 3 aromatic rings. The topological polar surface area (TPSA) is 64.0 Å². The smallest absolute Gasteiger partial charge is 0.267 e. The Morgan fingerprint density at radius 3 is 2.83 bits per heavy atom. The Bertz CT molecular complexity index is 935. The van der Waals surface area contributed by atoms with Crippen molar-refractivity contribution in [3.63, 3.8) is 0 Å². The van der Waals surface area contributed by atoms with Crippen molar-refractivity contribution in [3.05, 3.63) is 69.6 Å². The second-order valence-electron chi connectivity index (χ2n) is 5.20. The molecule has 0 atom stereocenters. The molecule has 0 saturated heterocycles. The van der Waals surface area contributed by atoms with Crippen LogP contribution in [0.1, 0.15) is 5.56 Å². The van der Waals surface area contributed by atoms with Crippen LogP contribution in [0.2, 0.25) is 0 Å². The molecule has 0 bridgehead atoms. The predicted molar refractivity (Wildman–Crippen MR) is 91.6 cm³/mol. The van der Waals surface area contributed by atoms with E-state index in [4.69, 9.17) is 0 Å². The van der Waals surface area contributed by atoms with Gasteiger partial charge in [0.2, 0.25) is 5.91 Å². The molecule has 2 heterocycles. The van der Waals surface area contributed by atoms with E-state index in [9.17, 15) is 14.0 Å². The van der Waals surface area contributed by atoms with Crippen LogP contribution in [-0.4, -0.2) is 15.7 Å². The number of thiophene rings is 1. The van der Waals surface area contributed by atoms with Crippen LogP contribution in [0, 0.1) is 12.7 Å². The number of anilines is 1. The second kappa shape index (κ2) is 6.76. The van der Waals surface area contributed by atoms with Crippen molar-refractivity contribution in [1.29, 1.82) is 0 Å². The molecular formula is C17H14FN3O2S. The van der Waals surface area contributed by atoms with E-state index in [1.165, 1.54) is 23.5 Å². The first kappa shape index (κ1) is 16.1. The number of aryl methyl sites for hydroxylation is 1. The van der Waals surface area contributed by atoms with E-state index in [1.807, 2.05) is 17.5 Å². The number of rotatable bonds is 4. The molecule has 0 aliphatic rings. The summed E-state index contributed by atoms with van der Waals surface area (Å²) in [7, 11) is 0. The number of halogens is 1. The van der Waals surface area contributed by atoms with Gasteiger partial charge in [0.05, 0.1) is 4.88 Å². The van der Waals surface area contributed by atoms with Crippen LogP contribution >= 0.6 is 11.3 Å². The summed E-state index contributed by atoms with van der Waals surface area (Å²) in [6.45, 7) is 1.40. The molecule has 5 nitrogen and oxygen atoms in total. The van der Waals surface area contributed by atoms with Crippen molar-refractivity contribution in [2.45, 2.75) is 13.5 Å². The molecule has 3 rings (SSSR count). The molecule has 0 spiro atoms. The predicted octanol–water partition coefficient (Wildman–Crippen LogP) is 3.06. The molecule has 122 valence electrons. The number of nitrogens with one attached hydrogen (secondary N) is 1. The first-order chi connectivity index (χ1) is 11.5. The molecule has 1 amide bonds. The van der Waals surface area contributed by atoms with Gasteiger partial charge in [0.15, 0.2) is 0 Å². The number of carbonyl (C=O) groups excluding carboxylic acids is 1. The number of nitrogens with zero attached hydrogens (tertiary/aromatic N) is 2. The molecule has 0 radical (unpaired) electrons. The van der Waals surface area contributed by atoms with Crippen molar-refractivity contribution in [1.82, 2.24) is 9.78 Å². The van der Waals surface area contributed by atoms with Gasteiger partial charge in [-0.15, -0.1) is 11.3 Å². The Kier molecular flexibility index (Phi) is 4.52. The Hall–Kier alpha value is -2.80. The van der Waals surface area contributed by atoms with Crippen LogP contribution in [0.25, 0.3) is 10.6 Å². The largest absolute Gasteiger partial charge is 0.324 e. The van der Waals surface area contributed by atoms with Crippen LogP contribution < -0.4 is 10.9 Å². The fourth-order valence-electron chi connectivity index (χ4n) is 2.13. The third-order valence-electron chi connectivity index (χ3n) is 3.39. The normalized spacial score (nSPS) is 10.6. The second-order valence-corrected chi connectivity index (χ2v) is 6.15. The molecule has 0 unspecified atom stereocenters. The Morgan fingerprint density at radius 2 is 2.12 bits per heavy atom. The van der Waals surface area contributed by atoms with Crippen molar-refractivity contribution < 1.29 is 9.18 Å². The Morgan fingerprint density at radius 1 is 1.29 bits per heavy atom. The average Bonchev–Trinajstić information content (AvgIpc) is 3.07. The van der Waals surface area contributed by atoms with Crippen LogP contribution in [0.5, 0.6) is 0 Å². The van der Waals surface area contributed by atoms with Gasteiger partial charge in [-0.3, -0.25) is 9.59 Å². The molecule has 0 aliphatic carbocycles. The number of carbonyl (C=O) groups is 1. The highest BCUT2D eigenvalue weighted by Crippen LogP contribution is 2.21. The van der Waals surface area contributed by atoms with Gasteiger partial charge in [-0.05, 0) is 42.1 Å². The van der Waals surface area contributed by atoms with E-state index in [0.717, 1.165) is 9.56 Å². The van der Waals surface area contributed by atoms with E-state index in [1.54, 1.807) is 25.1 Å². The minimum Gasteiger partial charge on any atom is -0.324 e. The standard InChI is InChI=1S/C17H14FN3O2S/c1-11-4-5-12(9-13(11)18)19-16(22)10-21-17(23)7-6-14(20-21)15-3-2-8-24-15/h2-9H,10H2,1H3,(H,19,22). The molecule has 2 aromatic heterocycles. The number of hydrogen-bond donors (Lipinski definition) is 1. The minimum absolute atomic E-state index is 0.243. The number of aromatic nitrogens is 2. The maximum Gasteiger partial charge on any atom is 0.267 e. The van der Waals surface area contributed by atoms with Crippen molar-refractivity contribution >= 4 is 22.9 Å². The summed E-state index contributed by atoms with van der Waals surface area (Å²) in [5, 5.41) is 8.68. The molecular weight excluding hydrogens is 329 g/mol. The zero-order chi connectivity index (χ0) is 17.1. The fourth-order valence-corrected chi connectivity index (χ4v) is 2.82. The monoisotopic (exact) mass is 343 g/mol. The van der Waals surface area contributed by atoms with E-state index < -0.39 is 11.7 Å². The highest BCUT2D eigenvalue weighted by Gasteiger charge is 2.09. The summed E-state index contributed by atoms with van der Waals surface area (Å²) in [4.78, 5) is 24.9. The van der Waals surface area contributed by atoms with Gasteiger partial charge in [0, 0.05) is 11.8 Å². The van der Waals surface area contributed by atoms with E-state index in [2.05, 4.69) is 10.4 Å². The molecule has 0 fully saturated rings. The van der Waals surface area contributed by atoms with E-state index in [0.29, 0.717) is 16.9 Å². The maximum atomic E-state index is 13.5. The van der Waals surface area contributed by atoms with Gasteiger partial charge in [0.25, 0.3) is 5.56 Å². The summed E-state index contributed by atoms with van der Waals surface area (Å²) < 4.78 is 14.6. The summed E-state index contributed by atoms with van der Waals surface area (Å²) in [5.74, 6) is -0.848. The summed E-state index contributed by atoms with van der Waals surface area (Å²) >= 11 is 1.49. The van der Waals surface area contributed by atoms with Crippen LogP contribution in [0.15, 0.2) is 52.6 Å². The Balaban J connectivity index is 1.77. The zero-order valence-electron chi connectivity index (χ0n) is 12.8. The van der Waals surface area contributed by atoms with Crippen LogP contribution in [-0.2, 0) is 11.3 Å². The van der Waals surface area contributed by atoms with Gasteiger partial charge >= 0.3 is 0 Å². The number of benzene rings is 1. The third kappa shape index (κ3) is 3.57. The lowest BCUT2D eigenvalue weighted by atomic mass is 10.2. The number of hydrogen-bond acceptors (Lipinski definition) is 4. The first-order valence-corrected chi connectivity index (χ1v) is 8.09. The van der Waals surface area contributed by atoms with Crippen LogP contribution in [0.3, 0.4) is 0 Å². The lowest BCUT2D eigenvalue weighted by Crippen LogP contribution is -2.29. The summed E-state index contributed by atoms with van der Waals surface area (Å²) in [5.41, 5.74) is 1.08. The highest BCUT2D eigenvalue weighted by atomic mass is 32.1. The summed E-state index contributed by atoms with van der Waals surface area (Å²) in [6, 6.07) is 11.2. The minimum atomic E-state index is -0.448. The molecule has 1 N–H and O–H groups in total. The molecule has 7 heteroatoms. The number of amides is 1.